The van der Waals surface area contributed by atoms with Crippen molar-refractivity contribution in [3.63, 3.8) is 0 Å². The Morgan fingerprint density at radius 3 is 2.38 bits per heavy atom. The number of amides is 1. The second-order valence-corrected chi connectivity index (χ2v) is 7.62. The summed E-state index contributed by atoms with van der Waals surface area (Å²) in [5.41, 5.74) is 5.15. The highest BCUT2D eigenvalue weighted by molar-refractivity contribution is 5.79. The first kappa shape index (κ1) is 18.7. The number of likely N-dealkylation sites (tertiary alicyclic amines) is 1. The van der Waals surface area contributed by atoms with Crippen molar-refractivity contribution in [1.82, 2.24) is 10.2 Å². The Morgan fingerprint density at radius 2 is 1.73 bits per heavy atom. The Labute approximate surface area is 157 Å². The first-order valence-corrected chi connectivity index (χ1v) is 9.66. The topological polar surface area (TPSA) is 32.3 Å². The first-order valence-electron chi connectivity index (χ1n) is 9.66. The summed E-state index contributed by atoms with van der Waals surface area (Å²) in [4.78, 5) is 15.1. The lowest BCUT2D eigenvalue weighted by atomic mass is 9.94. The average Bonchev–Trinajstić information content (AvgIpc) is 2.64. The van der Waals surface area contributed by atoms with Gasteiger partial charge in [-0.3, -0.25) is 9.69 Å². The highest BCUT2D eigenvalue weighted by Gasteiger charge is 2.26. The van der Waals surface area contributed by atoms with E-state index in [1.807, 2.05) is 0 Å². The van der Waals surface area contributed by atoms with E-state index in [4.69, 9.17) is 0 Å². The molecular weight excluding hydrogens is 320 g/mol. The molecule has 0 aromatic heterocycles. The molecule has 2 aromatic carbocycles. The van der Waals surface area contributed by atoms with Crippen molar-refractivity contribution in [1.29, 1.82) is 0 Å². The number of nitrogens with one attached hydrogen (secondary N) is 1. The highest BCUT2D eigenvalue weighted by atomic mass is 16.1. The smallest absolute Gasteiger partial charge is 0.223 e. The molecule has 0 saturated carbocycles. The van der Waals surface area contributed by atoms with Gasteiger partial charge in [0, 0.05) is 12.5 Å². The SMILES string of the molecule is Cc1ccc([C@H](C)NC(=O)C2CCN(Cc3ccccc3C)CC2)cc1. The van der Waals surface area contributed by atoms with Gasteiger partial charge >= 0.3 is 0 Å². The van der Waals surface area contributed by atoms with E-state index >= 15 is 0 Å². The van der Waals surface area contributed by atoms with Crippen LogP contribution in [-0.2, 0) is 11.3 Å². The fourth-order valence-electron chi connectivity index (χ4n) is 3.65. The summed E-state index contributed by atoms with van der Waals surface area (Å²) in [6, 6.07) is 17.0. The van der Waals surface area contributed by atoms with Crippen LogP contribution < -0.4 is 5.32 Å². The normalized spacial score (nSPS) is 17.0. The van der Waals surface area contributed by atoms with Crippen molar-refractivity contribution in [3.05, 3.63) is 70.8 Å². The van der Waals surface area contributed by atoms with E-state index in [1.165, 1.54) is 22.3 Å². The summed E-state index contributed by atoms with van der Waals surface area (Å²) in [5.74, 6) is 0.338. The van der Waals surface area contributed by atoms with Gasteiger partial charge in [0.05, 0.1) is 6.04 Å². The van der Waals surface area contributed by atoms with Gasteiger partial charge in [-0.1, -0.05) is 54.1 Å². The van der Waals surface area contributed by atoms with Crippen molar-refractivity contribution in [3.8, 4) is 0 Å². The summed E-state index contributed by atoms with van der Waals surface area (Å²) in [7, 11) is 0. The lowest BCUT2D eigenvalue weighted by molar-refractivity contribution is -0.127. The molecule has 2 aromatic rings. The Morgan fingerprint density at radius 1 is 1.08 bits per heavy atom. The fourth-order valence-corrected chi connectivity index (χ4v) is 3.65. The maximum absolute atomic E-state index is 12.6. The van der Waals surface area contributed by atoms with Gasteiger partial charge in [-0.2, -0.15) is 0 Å². The number of nitrogens with zero attached hydrogens (tertiary/aromatic N) is 1. The molecule has 1 amide bonds. The quantitative estimate of drug-likeness (QED) is 0.867. The molecular formula is C23H30N2O. The first-order chi connectivity index (χ1) is 12.5. The number of benzene rings is 2. The van der Waals surface area contributed by atoms with Crippen molar-refractivity contribution in [2.45, 2.75) is 46.2 Å². The van der Waals surface area contributed by atoms with Crippen LogP contribution in [0.25, 0.3) is 0 Å². The molecule has 3 rings (SSSR count). The molecule has 1 aliphatic heterocycles. The molecule has 26 heavy (non-hydrogen) atoms. The van der Waals surface area contributed by atoms with Gasteiger partial charge in [0.15, 0.2) is 0 Å². The number of hydrogen-bond donors (Lipinski definition) is 1. The third-order valence-electron chi connectivity index (χ3n) is 5.55. The monoisotopic (exact) mass is 350 g/mol. The van der Waals surface area contributed by atoms with Crippen LogP contribution in [0.4, 0.5) is 0 Å². The van der Waals surface area contributed by atoms with Crippen molar-refractivity contribution < 1.29 is 4.79 Å². The zero-order valence-corrected chi connectivity index (χ0v) is 16.2. The second-order valence-electron chi connectivity index (χ2n) is 7.62. The van der Waals surface area contributed by atoms with Gasteiger partial charge < -0.3 is 5.32 Å². The summed E-state index contributed by atoms with van der Waals surface area (Å²) in [5, 5.41) is 3.20. The molecule has 0 aliphatic carbocycles. The molecule has 1 saturated heterocycles. The number of rotatable bonds is 5. The number of piperidine rings is 1. The molecule has 3 heteroatoms. The van der Waals surface area contributed by atoms with Crippen LogP contribution in [-0.4, -0.2) is 23.9 Å². The standard InChI is InChI=1S/C23H30N2O/c1-17-8-10-20(11-9-17)19(3)24-23(26)21-12-14-25(15-13-21)16-22-7-5-4-6-18(22)2/h4-11,19,21H,12-16H2,1-3H3,(H,24,26)/t19-/m0/s1. The van der Waals surface area contributed by atoms with Gasteiger partial charge in [-0.05, 0) is 63.4 Å². The van der Waals surface area contributed by atoms with E-state index in [0.29, 0.717) is 0 Å². The Bertz CT molecular complexity index is 730. The molecule has 0 unspecified atom stereocenters. The highest BCUT2D eigenvalue weighted by Crippen LogP contribution is 2.22. The molecule has 1 fully saturated rings. The van der Waals surface area contributed by atoms with Crippen LogP contribution in [0, 0.1) is 19.8 Å². The minimum absolute atomic E-state index is 0.0631. The van der Waals surface area contributed by atoms with E-state index in [9.17, 15) is 4.79 Å². The lowest BCUT2D eigenvalue weighted by Gasteiger charge is -2.32. The summed E-state index contributed by atoms with van der Waals surface area (Å²) < 4.78 is 0. The molecule has 1 N–H and O–H groups in total. The van der Waals surface area contributed by atoms with Gasteiger partial charge in [0.1, 0.15) is 0 Å². The number of hydrogen-bond acceptors (Lipinski definition) is 2. The molecule has 1 atom stereocenters. The Kier molecular flexibility index (Phi) is 6.10. The number of carbonyl (C=O) groups is 1. The summed E-state index contributed by atoms with van der Waals surface area (Å²) in [6.45, 7) is 9.28. The van der Waals surface area contributed by atoms with Crippen molar-refractivity contribution in [2.24, 2.45) is 5.92 Å². The third-order valence-corrected chi connectivity index (χ3v) is 5.55. The second kappa shape index (κ2) is 8.50. The van der Waals surface area contributed by atoms with Crippen molar-refractivity contribution in [2.75, 3.05) is 13.1 Å². The van der Waals surface area contributed by atoms with E-state index in [-0.39, 0.29) is 17.9 Å². The minimum atomic E-state index is 0.0631. The predicted octanol–water partition coefficient (Wildman–Crippen LogP) is 4.39. The Balaban J connectivity index is 1.49. The molecule has 0 spiro atoms. The lowest BCUT2D eigenvalue weighted by Crippen LogP contribution is -2.41. The third kappa shape index (κ3) is 4.73. The van der Waals surface area contributed by atoms with Crippen molar-refractivity contribution >= 4 is 5.91 Å². The van der Waals surface area contributed by atoms with E-state index < -0.39 is 0 Å². The van der Waals surface area contributed by atoms with Crippen LogP contribution in [0.1, 0.15) is 48.1 Å². The van der Waals surface area contributed by atoms with Gasteiger partial charge in [-0.15, -0.1) is 0 Å². The molecule has 1 aliphatic rings. The van der Waals surface area contributed by atoms with Crippen LogP contribution in [0.15, 0.2) is 48.5 Å². The summed E-state index contributed by atoms with van der Waals surface area (Å²) >= 11 is 0. The van der Waals surface area contributed by atoms with Gasteiger partial charge in [0.2, 0.25) is 5.91 Å². The molecule has 138 valence electrons. The van der Waals surface area contributed by atoms with Gasteiger partial charge in [0.25, 0.3) is 0 Å². The largest absolute Gasteiger partial charge is 0.349 e. The maximum atomic E-state index is 12.6. The number of carbonyl (C=O) groups excluding carboxylic acids is 1. The van der Waals surface area contributed by atoms with Crippen LogP contribution in [0.3, 0.4) is 0 Å². The van der Waals surface area contributed by atoms with E-state index in [0.717, 1.165) is 32.5 Å². The maximum Gasteiger partial charge on any atom is 0.223 e. The fraction of sp³-hybridized carbons (Fsp3) is 0.435. The summed E-state index contributed by atoms with van der Waals surface area (Å²) in [6.07, 6.45) is 1.89. The van der Waals surface area contributed by atoms with Gasteiger partial charge in [-0.25, -0.2) is 0 Å². The zero-order valence-electron chi connectivity index (χ0n) is 16.2. The van der Waals surface area contributed by atoms with E-state index in [1.54, 1.807) is 0 Å². The average molecular weight is 351 g/mol. The molecule has 1 heterocycles. The molecule has 0 bridgehead atoms. The predicted molar refractivity (Wildman–Crippen MR) is 107 cm³/mol. The number of aryl methyl sites for hydroxylation is 2. The van der Waals surface area contributed by atoms with Crippen LogP contribution in [0.2, 0.25) is 0 Å². The molecule has 0 radical (unpaired) electrons. The van der Waals surface area contributed by atoms with E-state index in [2.05, 4.69) is 79.5 Å². The Hall–Kier alpha value is -2.13. The van der Waals surface area contributed by atoms with Crippen LogP contribution >= 0.6 is 0 Å². The zero-order chi connectivity index (χ0) is 18.5. The van der Waals surface area contributed by atoms with Crippen LogP contribution in [0.5, 0.6) is 0 Å². The minimum Gasteiger partial charge on any atom is -0.349 e. The molecule has 3 nitrogen and oxygen atoms in total.